The first kappa shape index (κ1) is 24.6. The fraction of sp³-hybridized carbons (Fsp3) is 0.280. The molecule has 2 aromatic carbocycles. The van der Waals surface area contributed by atoms with Gasteiger partial charge in [0.05, 0.1) is 11.0 Å². The van der Waals surface area contributed by atoms with Gasteiger partial charge in [0.15, 0.2) is 0 Å². The molecule has 1 aliphatic heterocycles. The molecule has 1 aromatic heterocycles. The van der Waals surface area contributed by atoms with Gasteiger partial charge in [-0.15, -0.1) is 0 Å². The van der Waals surface area contributed by atoms with Crippen LogP contribution in [0.5, 0.6) is 0 Å². The van der Waals surface area contributed by atoms with E-state index < -0.39 is 16.1 Å². The summed E-state index contributed by atoms with van der Waals surface area (Å²) in [5.74, 6) is 0. The van der Waals surface area contributed by atoms with Crippen molar-refractivity contribution in [3.63, 3.8) is 0 Å². The number of hydrogen-bond acceptors (Lipinski definition) is 6. The summed E-state index contributed by atoms with van der Waals surface area (Å²) in [4.78, 5) is 19.5. The number of aliphatic hydroxyl groups is 1. The molecule has 0 radical (unpaired) electrons. The predicted octanol–water partition coefficient (Wildman–Crippen LogP) is 2.62. The Kier molecular flexibility index (Phi) is 7.64. The number of amides is 2. The lowest BCUT2D eigenvalue weighted by atomic mass is 10.1. The van der Waals surface area contributed by atoms with Gasteiger partial charge in [-0.25, -0.2) is 13.2 Å². The third-order valence-corrected chi connectivity index (χ3v) is 7.28. The van der Waals surface area contributed by atoms with Crippen LogP contribution in [0, 0.1) is 0 Å². The molecule has 4 rings (SSSR count). The molecule has 1 fully saturated rings. The van der Waals surface area contributed by atoms with Crippen LogP contribution in [0.1, 0.15) is 17.2 Å². The molecular weight excluding hydrogens is 466 g/mol. The number of rotatable bonds is 10. The number of aromatic nitrogens is 1. The molecule has 0 aliphatic carbocycles. The number of urea groups is 1. The van der Waals surface area contributed by atoms with E-state index in [-0.39, 0.29) is 10.9 Å². The fourth-order valence-corrected chi connectivity index (χ4v) is 4.87. The Morgan fingerprint density at radius 2 is 1.80 bits per heavy atom. The van der Waals surface area contributed by atoms with Crippen molar-refractivity contribution < 1.29 is 18.3 Å². The topological polar surface area (TPSA) is 115 Å². The second-order valence-corrected chi connectivity index (χ2v) is 10.1. The number of likely N-dealkylation sites (N-methyl/N-ethyl adjacent to an activating group) is 1. The zero-order valence-electron chi connectivity index (χ0n) is 19.5. The molecule has 0 bridgehead atoms. The van der Waals surface area contributed by atoms with E-state index in [1.807, 2.05) is 18.2 Å². The summed E-state index contributed by atoms with van der Waals surface area (Å²) in [6.07, 6.45) is 3.43. The Morgan fingerprint density at radius 1 is 1.06 bits per heavy atom. The van der Waals surface area contributed by atoms with Gasteiger partial charge >= 0.3 is 6.03 Å². The molecule has 0 spiro atoms. The van der Waals surface area contributed by atoms with Gasteiger partial charge in [0.2, 0.25) is 0 Å². The second kappa shape index (κ2) is 10.9. The summed E-state index contributed by atoms with van der Waals surface area (Å²) < 4.78 is 28.2. The summed E-state index contributed by atoms with van der Waals surface area (Å²) in [7, 11) is -2.02. The standard InChI is InChI=1S/C25H29N5O4S/c1-29-15-16-30(25(29)32)22-8-10-23(11-9-22)35(33,34)28-21-6-4-19(5-7-21)12-14-27-18-24(31)20-3-2-13-26-17-20/h2-11,13,17,24,27-28,31H,12,14-16,18H2,1H3/t24-/m0/s1. The van der Waals surface area contributed by atoms with Crippen molar-refractivity contribution in [2.24, 2.45) is 0 Å². The molecule has 3 N–H and O–H groups in total. The fourth-order valence-electron chi connectivity index (χ4n) is 3.81. The summed E-state index contributed by atoms with van der Waals surface area (Å²) in [6.45, 7) is 2.31. The Hall–Kier alpha value is -3.47. The number of nitrogens with zero attached hydrogens (tertiary/aromatic N) is 3. The van der Waals surface area contributed by atoms with Crippen molar-refractivity contribution in [2.45, 2.75) is 17.4 Å². The second-order valence-electron chi connectivity index (χ2n) is 8.41. The van der Waals surface area contributed by atoms with E-state index in [9.17, 15) is 18.3 Å². The van der Waals surface area contributed by atoms with E-state index in [1.165, 1.54) is 12.1 Å². The first-order chi connectivity index (χ1) is 16.8. The first-order valence-electron chi connectivity index (χ1n) is 11.4. The highest BCUT2D eigenvalue weighted by Crippen LogP contribution is 2.23. The molecule has 2 heterocycles. The van der Waals surface area contributed by atoms with Gasteiger partial charge in [0, 0.05) is 56.0 Å². The van der Waals surface area contributed by atoms with Crippen LogP contribution in [-0.4, -0.2) is 62.7 Å². The van der Waals surface area contributed by atoms with Crippen LogP contribution in [-0.2, 0) is 16.4 Å². The van der Waals surface area contributed by atoms with Crippen LogP contribution in [0.2, 0.25) is 0 Å². The molecule has 10 heteroatoms. The van der Waals surface area contributed by atoms with E-state index in [4.69, 9.17) is 0 Å². The zero-order chi connectivity index (χ0) is 24.8. The minimum Gasteiger partial charge on any atom is -0.387 e. The third kappa shape index (κ3) is 6.16. The molecule has 35 heavy (non-hydrogen) atoms. The van der Waals surface area contributed by atoms with Crippen molar-refractivity contribution in [3.8, 4) is 0 Å². The Balaban J connectivity index is 1.28. The van der Waals surface area contributed by atoms with Gasteiger partial charge in [-0.1, -0.05) is 18.2 Å². The van der Waals surface area contributed by atoms with Gasteiger partial charge in [-0.3, -0.25) is 14.6 Å². The summed E-state index contributed by atoms with van der Waals surface area (Å²) in [6, 6.07) is 17.0. The van der Waals surface area contributed by atoms with Crippen LogP contribution >= 0.6 is 0 Å². The van der Waals surface area contributed by atoms with Gasteiger partial charge in [0.25, 0.3) is 10.0 Å². The molecule has 2 amide bonds. The zero-order valence-corrected chi connectivity index (χ0v) is 20.3. The van der Waals surface area contributed by atoms with Crippen LogP contribution in [0.3, 0.4) is 0 Å². The minimum atomic E-state index is -3.76. The highest BCUT2D eigenvalue weighted by atomic mass is 32.2. The monoisotopic (exact) mass is 495 g/mol. The number of carbonyl (C=O) groups is 1. The highest BCUT2D eigenvalue weighted by molar-refractivity contribution is 7.92. The minimum absolute atomic E-state index is 0.0984. The van der Waals surface area contributed by atoms with Crippen molar-refractivity contribution in [3.05, 3.63) is 84.2 Å². The third-order valence-electron chi connectivity index (χ3n) is 5.88. The number of nitrogens with one attached hydrogen (secondary N) is 2. The van der Waals surface area contributed by atoms with Gasteiger partial charge in [-0.2, -0.15) is 0 Å². The summed E-state index contributed by atoms with van der Waals surface area (Å²) in [5, 5.41) is 13.4. The normalized spacial score (nSPS) is 14.9. The van der Waals surface area contributed by atoms with Crippen molar-refractivity contribution in [1.29, 1.82) is 0 Å². The number of pyridine rings is 1. The number of benzene rings is 2. The quantitative estimate of drug-likeness (QED) is 0.373. The van der Waals surface area contributed by atoms with Crippen molar-refractivity contribution >= 4 is 27.4 Å². The smallest absolute Gasteiger partial charge is 0.324 e. The van der Waals surface area contributed by atoms with Crippen LogP contribution < -0.4 is 14.9 Å². The van der Waals surface area contributed by atoms with Crippen molar-refractivity contribution in [1.82, 2.24) is 15.2 Å². The summed E-state index contributed by atoms with van der Waals surface area (Å²) in [5.41, 5.74) is 2.95. The number of aliphatic hydroxyl groups excluding tert-OH is 1. The maximum atomic E-state index is 12.8. The molecule has 184 valence electrons. The average molecular weight is 496 g/mol. The SMILES string of the molecule is CN1CCN(c2ccc(S(=O)(=O)Nc3ccc(CCNC[C@H](O)c4cccnc4)cc3)cc2)C1=O. The maximum absolute atomic E-state index is 12.8. The van der Waals surface area contributed by atoms with E-state index in [0.29, 0.717) is 37.6 Å². The molecular formula is C25H29N5O4S. The average Bonchev–Trinajstić information content (AvgIpc) is 3.21. The number of sulfonamides is 1. The molecule has 9 nitrogen and oxygen atoms in total. The molecule has 1 atom stereocenters. The number of hydrogen-bond donors (Lipinski definition) is 3. The molecule has 0 saturated carbocycles. The lowest BCUT2D eigenvalue weighted by Gasteiger charge is -2.16. The predicted molar refractivity (Wildman–Crippen MR) is 135 cm³/mol. The maximum Gasteiger partial charge on any atom is 0.324 e. The number of carbonyl (C=O) groups excluding carboxylic acids is 1. The Labute approximate surface area is 205 Å². The van der Waals surface area contributed by atoms with Crippen molar-refractivity contribution in [2.75, 3.05) is 42.8 Å². The molecule has 1 aliphatic rings. The van der Waals surface area contributed by atoms with Gasteiger partial charge in [-0.05, 0) is 61.0 Å². The van der Waals surface area contributed by atoms with E-state index in [1.54, 1.807) is 59.6 Å². The van der Waals surface area contributed by atoms with E-state index in [0.717, 1.165) is 17.5 Å². The van der Waals surface area contributed by atoms with E-state index >= 15 is 0 Å². The molecule has 1 saturated heterocycles. The number of anilines is 2. The van der Waals surface area contributed by atoms with E-state index in [2.05, 4.69) is 15.0 Å². The van der Waals surface area contributed by atoms with Crippen LogP contribution in [0.15, 0.2) is 78.0 Å². The van der Waals surface area contributed by atoms with Crippen LogP contribution in [0.4, 0.5) is 16.2 Å². The van der Waals surface area contributed by atoms with Crippen LogP contribution in [0.25, 0.3) is 0 Å². The largest absolute Gasteiger partial charge is 0.387 e. The van der Waals surface area contributed by atoms with Gasteiger partial charge in [0.1, 0.15) is 0 Å². The summed E-state index contributed by atoms with van der Waals surface area (Å²) >= 11 is 0. The lowest BCUT2D eigenvalue weighted by Crippen LogP contribution is -2.29. The molecule has 0 unspecified atom stereocenters. The molecule has 3 aromatic rings. The highest BCUT2D eigenvalue weighted by Gasteiger charge is 2.26. The Morgan fingerprint density at radius 3 is 2.43 bits per heavy atom. The lowest BCUT2D eigenvalue weighted by molar-refractivity contribution is 0.174. The Bertz CT molecular complexity index is 1240. The first-order valence-corrected chi connectivity index (χ1v) is 12.8. The van der Waals surface area contributed by atoms with Gasteiger partial charge < -0.3 is 15.3 Å².